The molecule has 0 aliphatic carbocycles. The topological polar surface area (TPSA) is 92.3 Å². The highest BCUT2D eigenvalue weighted by atomic mass is 16.5. The number of nitrogens with zero attached hydrogens (tertiary/aromatic N) is 4. The highest BCUT2D eigenvalue weighted by molar-refractivity contribution is 5.88. The maximum Gasteiger partial charge on any atom is 0.360 e. The number of hydrogen-bond acceptors (Lipinski definition) is 7. The number of carbonyl (C=O) groups excluding carboxylic acids is 1. The van der Waals surface area contributed by atoms with Crippen LogP contribution in [0.4, 0.5) is 0 Å². The molecule has 0 aliphatic heterocycles. The molecule has 0 aliphatic rings. The van der Waals surface area contributed by atoms with Crippen LogP contribution in [0.3, 0.4) is 0 Å². The van der Waals surface area contributed by atoms with Crippen molar-refractivity contribution in [1.82, 2.24) is 20.0 Å². The molecule has 0 N–H and O–H groups in total. The van der Waals surface area contributed by atoms with Crippen LogP contribution < -0.4 is 0 Å². The molecule has 8 heteroatoms. The van der Waals surface area contributed by atoms with E-state index in [-0.39, 0.29) is 18.8 Å². The van der Waals surface area contributed by atoms with E-state index in [0.717, 1.165) is 11.5 Å². The van der Waals surface area contributed by atoms with E-state index in [0.29, 0.717) is 11.6 Å². The Morgan fingerprint density at radius 3 is 2.65 bits per heavy atom. The first-order chi connectivity index (χ1) is 9.56. The molecular weight excluding hydrogens is 264 g/mol. The second kappa shape index (κ2) is 5.83. The van der Waals surface area contributed by atoms with Crippen LogP contribution in [-0.4, -0.2) is 40.2 Å². The van der Waals surface area contributed by atoms with Crippen molar-refractivity contribution in [1.29, 1.82) is 0 Å². The summed E-state index contributed by atoms with van der Waals surface area (Å²) in [6.45, 7) is 4.16. The number of ether oxygens (including phenoxy) is 2. The summed E-state index contributed by atoms with van der Waals surface area (Å²) in [5, 5.41) is 7.74. The van der Waals surface area contributed by atoms with Gasteiger partial charge >= 0.3 is 5.97 Å². The number of hydrogen-bond donors (Lipinski definition) is 0. The van der Waals surface area contributed by atoms with E-state index >= 15 is 0 Å². The van der Waals surface area contributed by atoms with Crippen LogP contribution in [0.2, 0.25) is 0 Å². The molecular formula is C12H16N4O4. The zero-order valence-electron chi connectivity index (χ0n) is 11.8. The molecule has 20 heavy (non-hydrogen) atoms. The largest absolute Gasteiger partial charge is 0.464 e. The van der Waals surface area contributed by atoms with Crippen molar-refractivity contribution >= 4 is 5.97 Å². The predicted octanol–water partition coefficient (Wildman–Crippen LogP) is 0.864. The van der Waals surface area contributed by atoms with Crippen LogP contribution in [0, 0.1) is 13.8 Å². The minimum absolute atomic E-state index is 0.134. The van der Waals surface area contributed by atoms with E-state index in [1.807, 2.05) is 13.8 Å². The van der Waals surface area contributed by atoms with Gasteiger partial charge in [0.2, 0.25) is 5.89 Å². The maximum atomic E-state index is 11.6. The summed E-state index contributed by atoms with van der Waals surface area (Å²) in [4.78, 5) is 15.9. The molecule has 8 nitrogen and oxygen atoms in total. The average Bonchev–Trinajstić information content (AvgIpc) is 2.95. The van der Waals surface area contributed by atoms with Crippen molar-refractivity contribution < 1.29 is 18.7 Å². The fraction of sp³-hybridized carbons (Fsp3) is 0.500. The average molecular weight is 280 g/mol. The smallest absolute Gasteiger partial charge is 0.360 e. The lowest BCUT2D eigenvalue weighted by Crippen LogP contribution is -2.11. The van der Waals surface area contributed by atoms with Gasteiger partial charge in [-0.25, -0.2) is 14.5 Å². The lowest BCUT2D eigenvalue weighted by atomic mass is 10.3. The fourth-order valence-corrected chi connectivity index (χ4v) is 1.73. The minimum Gasteiger partial charge on any atom is -0.464 e. The van der Waals surface area contributed by atoms with Crippen LogP contribution in [0.1, 0.15) is 33.5 Å². The predicted molar refractivity (Wildman–Crippen MR) is 67.2 cm³/mol. The summed E-state index contributed by atoms with van der Waals surface area (Å²) in [5.74, 6) is 0.698. The molecule has 0 spiro atoms. The number of carbonyl (C=O) groups is 1. The second-order valence-corrected chi connectivity index (χ2v) is 4.22. The van der Waals surface area contributed by atoms with E-state index in [2.05, 4.69) is 20.0 Å². The summed E-state index contributed by atoms with van der Waals surface area (Å²) in [7, 11) is 2.82. The van der Waals surface area contributed by atoms with E-state index in [1.165, 1.54) is 18.9 Å². The van der Waals surface area contributed by atoms with Crippen molar-refractivity contribution in [3.63, 3.8) is 0 Å². The van der Waals surface area contributed by atoms with Gasteiger partial charge in [0.1, 0.15) is 12.3 Å². The molecule has 0 aromatic carbocycles. The number of oxazole rings is 1. The Morgan fingerprint density at radius 1 is 1.35 bits per heavy atom. The van der Waals surface area contributed by atoms with Gasteiger partial charge in [-0.1, -0.05) is 5.21 Å². The molecule has 2 aromatic rings. The van der Waals surface area contributed by atoms with Crippen molar-refractivity contribution in [3.05, 3.63) is 28.7 Å². The van der Waals surface area contributed by atoms with Gasteiger partial charge < -0.3 is 13.9 Å². The molecule has 0 saturated carbocycles. The van der Waals surface area contributed by atoms with Gasteiger partial charge in [-0.05, 0) is 13.8 Å². The first kappa shape index (κ1) is 14.2. The number of esters is 1. The lowest BCUT2D eigenvalue weighted by molar-refractivity contribution is 0.0588. The molecule has 0 amide bonds. The van der Waals surface area contributed by atoms with Crippen LogP contribution >= 0.6 is 0 Å². The Bertz CT molecular complexity index is 598. The standard InChI is InChI=1S/C12H16N4O4/c1-7-8(2)20-10(13-7)5-16-9(6-18-3)11(14-15-16)12(17)19-4/h5-6H2,1-4H3. The minimum atomic E-state index is -0.553. The third kappa shape index (κ3) is 2.69. The molecule has 0 atom stereocenters. The monoisotopic (exact) mass is 280 g/mol. The molecule has 0 radical (unpaired) electrons. The van der Waals surface area contributed by atoms with Crippen molar-refractivity contribution in [2.24, 2.45) is 0 Å². The van der Waals surface area contributed by atoms with Crippen LogP contribution in [-0.2, 0) is 22.6 Å². The summed E-state index contributed by atoms with van der Waals surface area (Å²) in [5.41, 5.74) is 1.48. The molecule has 108 valence electrons. The number of methoxy groups -OCH3 is 2. The van der Waals surface area contributed by atoms with Crippen molar-refractivity contribution in [2.75, 3.05) is 14.2 Å². The summed E-state index contributed by atoms with van der Waals surface area (Å²) >= 11 is 0. The van der Waals surface area contributed by atoms with Gasteiger partial charge in [-0.2, -0.15) is 0 Å². The molecule has 0 unspecified atom stereocenters. The third-order valence-electron chi connectivity index (χ3n) is 2.86. The molecule has 0 bridgehead atoms. The molecule has 0 saturated heterocycles. The first-order valence-corrected chi connectivity index (χ1v) is 5.99. The van der Waals surface area contributed by atoms with Gasteiger partial charge in [0.15, 0.2) is 5.69 Å². The summed E-state index contributed by atoms with van der Waals surface area (Å²) in [6.07, 6.45) is 0. The highest BCUT2D eigenvalue weighted by Gasteiger charge is 2.21. The molecule has 2 heterocycles. The Labute approximate surface area is 115 Å². The van der Waals surface area contributed by atoms with Crippen LogP contribution in [0.25, 0.3) is 0 Å². The van der Waals surface area contributed by atoms with E-state index in [9.17, 15) is 4.79 Å². The Balaban J connectivity index is 2.31. The summed E-state index contributed by atoms with van der Waals surface area (Å²) < 4.78 is 16.7. The van der Waals surface area contributed by atoms with Gasteiger partial charge in [0.25, 0.3) is 0 Å². The van der Waals surface area contributed by atoms with Gasteiger partial charge in [0.05, 0.1) is 25.1 Å². The number of aryl methyl sites for hydroxylation is 2. The maximum absolute atomic E-state index is 11.6. The molecule has 2 aromatic heterocycles. The fourth-order valence-electron chi connectivity index (χ4n) is 1.73. The Morgan fingerprint density at radius 2 is 2.10 bits per heavy atom. The van der Waals surface area contributed by atoms with Crippen LogP contribution in [0.5, 0.6) is 0 Å². The zero-order chi connectivity index (χ0) is 14.7. The number of aromatic nitrogens is 4. The Kier molecular flexibility index (Phi) is 4.14. The third-order valence-corrected chi connectivity index (χ3v) is 2.86. The van der Waals surface area contributed by atoms with Gasteiger partial charge in [0, 0.05) is 7.11 Å². The van der Waals surface area contributed by atoms with Gasteiger partial charge in [-0.15, -0.1) is 5.10 Å². The summed E-state index contributed by atoms with van der Waals surface area (Å²) in [6, 6.07) is 0. The second-order valence-electron chi connectivity index (χ2n) is 4.22. The highest BCUT2D eigenvalue weighted by Crippen LogP contribution is 2.13. The quantitative estimate of drug-likeness (QED) is 0.750. The Hall–Kier alpha value is -2.22. The lowest BCUT2D eigenvalue weighted by Gasteiger charge is -2.04. The van der Waals surface area contributed by atoms with Crippen molar-refractivity contribution in [3.8, 4) is 0 Å². The van der Waals surface area contributed by atoms with Gasteiger partial charge in [-0.3, -0.25) is 0 Å². The van der Waals surface area contributed by atoms with E-state index in [4.69, 9.17) is 9.15 Å². The SMILES string of the molecule is COCc1c(C(=O)OC)nnn1Cc1nc(C)c(C)o1. The van der Waals surface area contributed by atoms with E-state index < -0.39 is 5.97 Å². The first-order valence-electron chi connectivity index (χ1n) is 5.99. The van der Waals surface area contributed by atoms with Crippen molar-refractivity contribution in [2.45, 2.75) is 27.0 Å². The molecule has 0 fully saturated rings. The zero-order valence-corrected chi connectivity index (χ0v) is 11.8. The van der Waals surface area contributed by atoms with Crippen LogP contribution in [0.15, 0.2) is 4.42 Å². The molecule has 2 rings (SSSR count). The number of rotatable bonds is 5. The van der Waals surface area contributed by atoms with E-state index in [1.54, 1.807) is 0 Å². The normalized spacial score (nSPS) is 10.8.